The van der Waals surface area contributed by atoms with Crippen LogP contribution in [0.1, 0.15) is 32.8 Å². The fraction of sp³-hybridized carbons (Fsp3) is 0.500. The van der Waals surface area contributed by atoms with Crippen molar-refractivity contribution >= 4 is 12.1 Å². The Morgan fingerprint density at radius 2 is 2.17 bits per heavy atom. The molecule has 1 amide bonds. The Bertz CT molecular complexity index is 580. The minimum atomic E-state index is -0.891. The highest BCUT2D eigenvalue weighted by molar-refractivity contribution is 5.85. The number of phenols is 1. The number of amides is 1. The maximum Gasteiger partial charge on any atom is 0.245 e. The molecule has 1 aromatic carbocycles. The zero-order valence-corrected chi connectivity index (χ0v) is 13.5. The molecule has 1 aliphatic rings. The maximum absolute atomic E-state index is 11.8. The van der Waals surface area contributed by atoms with Crippen molar-refractivity contribution in [2.24, 2.45) is 5.10 Å². The van der Waals surface area contributed by atoms with Gasteiger partial charge in [0.2, 0.25) is 5.91 Å². The van der Waals surface area contributed by atoms with E-state index in [1.807, 2.05) is 13.8 Å². The molecule has 1 saturated heterocycles. The average Bonchev–Trinajstić information content (AvgIpc) is 2.87. The first-order chi connectivity index (χ1) is 10.9. The Labute approximate surface area is 135 Å². The summed E-state index contributed by atoms with van der Waals surface area (Å²) in [6, 6.07) is 4.89. The summed E-state index contributed by atoms with van der Waals surface area (Å²) >= 11 is 0. The minimum absolute atomic E-state index is 0.0228. The van der Waals surface area contributed by atoms with Crippen molar-refractivity contribution in [3.8, 4) is 11.5 Å². The van der Waals surface area contributed by atoms with Crippen molar-refractivity contribution < 1.29 is 24.1 Å². The molecule has 2 N–H and O–H groups in total. The van der Waals surface area contributed by atoms with Crippen molar-refractivity contribution in [2.75, 3.05) is 13.2 Å². The number of aromatic hydroxyl groups is 1. The van der Waals surface area contributed by atoms with Crippen LogP contribution in [0.3, 0.4) is 0 Å². The Balaban J connectivity index is 1.88. The van der Waals surface area contributed by atoms with Gasteiger partial charge in [-0.1, -0.05) is 0 Å². The number of hydrazone groups is 1. The summed E-state index contributed by atoms with van der Waals surface area (Å²) in [4.78, 5) is 11.8. The Kier molecular flexibility index (Phi) is 5.57. The Morgan fingerprint density at radius 3 is 2.78 bits per heavy atom. The molecule has 0 spiro atoms. The number of benzene rings is 1. The van der Waals surface area contributed by atoms with Crippen LogP contribution in [-0.4, -0.2) is 42.3 Å². The molecule has 1 aliphatic heterocycles. The third kappa shape index (κ3) is 5.22. The van der Waals surface area contributed by atoms with Crippen LogP contribution in [-0.2, 0) is 14.3 Å². The number of carbonyl (C=O) groups excluding carboxylic acids is 1. The molecule has 1 aromatic rings. The first-order valence-corrected chi connectivity index (χ1v) is 7.47. The van der Waals surface area contributed by atoms with Crippen LogP contribution in [0.5, 0.6) is 11.5 Å². The van der Waals surface area contributed by atoms with E-state index in [1.54, 1.807) is 19.1 Å². The van der Waals surface area contributed by atoms with Gasteiger partial charge in [0.05, 0.1) is 32.0 Å². The van der Waals surface area contributed by atoms with E-state index in [-0.39, 0.29) is 24.2 Å². The lowest BCUT2D eigenvalue weighted by Gasteiger charge is -2.20. The number of phenolic OH excluding ortho intramolecular Hbond substituents is 1. The summed E-state index contributed by atoms with van der Waals surface area (Å²) in [5.74, 6) is -0.625. The molecular weight excluding hydrogens is 300 g/mol. The summed E-state index contributed by atoms with van der Waals surface area (Å²) in [7, 11) is 0. The molecule has 7 heteroatoms. The molecule has 2 rings (SSSR count). The van der Waals surface area contributed by atoms with E-state index < -0.39 is 5.79 Å². The van der Waals surface area contributed by atoms with Gasteiger partial charge in [-0.2, -0.15) is 5.10 Å². The van der Waals surface area contributed by atoms with Gasteiger partial charge in [0.25, 0.3) is 0 Å². The second-order valence-electron chi connectivity index (χ2n) is 5.69. The summed E-state index contributed by atoms with van der Waals surface area (Å²) < 4.78 is 16.2. The predicted molar refractivity (Wildman–Crippen MR) is 84.5 cm³/mol. The van der Waals surface area contributed by atoms with E-state index in [0.717, 1.165) is 0 Å². The third-order valence-electron chi connectivity index (χ3n) is 3.15. The number of hydrogen-bond donors (Lipinski definition) is 2. The number of nitrogens with zero attached hydrogens (tertiary/aromatic N) is 1. The van der Waals surface area contributed by atoms with Crippen molar-refractivity contribution in [2.45, 2.75) is 39.1 Å². The van der Waals surface area contributed by atoms with Crippen LogP contribution >= 0.6 is 0 Å². The van der Waals surface area contributed by atoms with E-state index in [2.05, 4.69) is 10.5 Å². The van der Waals surface area contributed by atoms with Crippen molar-refractivity contribution in [3.63, 3.8) is 0 Å². The molecule has 0 atom stereocenters. The lowest BCUT2D eigenvalue weighted by molar-refractivity contribution is -0.159. The molecule has 0 bridgehead atoms. The van der Waals surface area contributed by atoms with E-state index in [1.165, 1.54) is 12.3 Å². The Hall–Kier alpha value is -2.12. The van der Waals surface area contributed by atoms with Gasteiger partial charge in [-0.15, -0.1) is 0 Å². The van der Waals surface area contributed by atoms with Crippen LogP contribution in [0.4, 0.5) is 0 Å². The molecule has 0 unspecified atom stereocenters. The highest BCUT2D eigenvalue weighted by Crippen LogP contribution is 2.23. The molecule has 23 heavy (non-hydrogen) atoms. The van der Waals surface area contributed by atoms with E-state index >= 15 is 0 Å². The van der Waals surface area contributed by atoms with Gasteiger partial charge in [0.15, 0.2) is 5.79 Å². The van der Waals surface area contributed by atoms with E-state index in [9.17, 15) is 9.90 Å². The van der Waals surface area contributed by atoms with Gasteiger partial charge in [-0.3, -0.25) is 4.79 Å². The van der Waals surface area contributed by atoms with Crippen LogP contribution in [0.15, 0.2) is 23.3 Å². The predicted octanol–water partition coefficient (Wildman–Crippen LogP) is 1.78. The van der Waals surface area contributed by atoms with Crippen LogP contribution in [0.2, 0.25) is 0 Å². The van der Waals surface area contributed by atoms with Crippen molar-refractivity contribution in [3.05, 3.63) is 23.8 Å². The topological polar surface area (TPSA) is 89.4 Å². The van der Waals surface area contributed by atoms with Crippen LogP contribution in [0, 0.1) is 0 Å². The van der Waals surface area contributed by atoms with Crippen LogP contribution in [0.25, 0.3) is 0 Å². The molecule has 0 radical (unpaired) electrons. The fourth-order valence-electron chi connectivity index (χ4n) is 2.14. The lowest BCUT2D eigenvalue weighted by Crippen LogP contribution is -2.33. The smallest absolute Gasteiger partial charge is 0.245 e. The van der Waals surface area contributed by atoms with Gasteiger partial charge >= 0.3 is 0 Å². The summed E-state index contributed by atoms with van der Waals surface area (Å²) in [5, 5.41) is 13.7. The minimum Gasteiger partial charge on any atom is -0.507 e. The fourth-order valence-corrected chi connectivity index (χ4v) is 2.14. The second kappa shape index (κ2) is 7.43. The zero-order valence-electron chi connectivity index (χ0n) is 13.5. The lowest BCUT2D eigenvalue weighted by atomic mass is 10.2. The number of carbonyl (C=O) groups is 1. The van der Waals surface area contributed by atoms with Crippen molar-refractivity contribution in [1.82, 2.24) is 5.43 Å². The molecular formula is C16H22N2O5. The van der Waals surface area contributed by atoms with E-state index in [0.29, 0.717) is 24.5 Å². The number of hydrogen-bond acceptors (Lipinski definition) is 6. The first-order valence-electron chi connectivity index (χ1n) is 7.47. The number of nitrogens with one attached hydrogen (secondary N) is 1. The normalized spacial score (nSPS) is 16.9. The highest BCUT2D eigenvalue weighted by atomic mass is 16.7. The largest absolute Gasteiger partial charge is 0.507 e. The van der Waals surface area contributed by atoms with Gasteiger partial charge in [-0.25, -0.2) is 5.43 Å². The molecule has 7 nitrogen and oxygen atoms in total. The Morgan fingerprint density at radius 1 is 1.48 bits per heavy atom. The maximum atomic E-state index is 11.8. The molecule has 126 valence electrons. The van der Waals surface area contributed by atoms with Gasteiger partial charge < -0.3 is 19.3 Å². The molecule has 1 fully saturated rings. The van der Waals surface area contributed by atoms with Gasteiger partial charge in [-0.05, 0) is 32.9 Å². The van der Waals surface area contributed by atoms with Gasteiger partial charge in [0, 0.05) is 11.6 Å². The summed E-state index contributed by atoms with van der Waals surface area (Å²) in [5.41, 5.74) is 2.86. The van der Waals surface area contributed by atoms with Crippen molar-refractivity contribution in [1.29, 1.82) is 0 Å². The number of rotatable bonds is 6. The third-order valence-corrected chi connectivity index (χ3v) is 3.15. The molecule has 0 aliphatic carbocycles. The average molecular weight is 322 g/mol. The molecule has 0 saturated carbocycles. The van der Waals surface area contributed by atoms with Gasteiger partial charge in [0.1, 0.15) is 11.5 Å². The summed E-state index contributed by atoms with van der Waals surface area (Å²) in [6.45, 7) is 6.47. The monoisotopic (exact) mass is 322 g/mol. The molecule has 0 aromatic heterocycles. The highest BCUT2D eigenvalue weighted by Gasteiger charge is 2.33. The zero-order chi connectivity index (χ0) is 16.9. The first kappa shape index (κ1) is 17.2. The number of ether oxygens (including phenoxy) is 3. The summed E-state index contributed by atoms with van der Waals surface area (Å²) in [6.07, 6.45) is 1.44. The van der Waals surface area contributed by atoms with E-state index in [4.69, 9.17) is 14.2 Å². The standard InChI is InChI=1S/C16H22N2O5/c1-11(2)23-13-5-4-12(14(19)8-13)10-17-18-15(20)9-16(3)21-6-7-22-16/h4-5,8,10-11,19H,6-7,9H2,1-3H3,(H,18,20)/b17-10-. The SMILES string of the molecule is CC(C)Oc1ccc(/C=N\NC(=O)CC2(C)OCCO2)c(O)c1. The molecule has 1 heterocycles. The second-order valence-corrected chi connectivity index (χ2v) is 5.69. The van der Waals surface area contributed by atoms with Crippen LogP contribution < -0.4 is 10.2 Å². The quantitative estimate of drug-likeness (QED) is 0.615.